The lowest BCUT2D eigenvalue weighted by molar-refractivity contribution is -0.147. The van der Waals surface area contributed by atoms with Crippen LogP contribution in [0.5, 0.6) is 0 Å². The van der Waals surface area contributed by atoms with Gasteiger partial charge >= 0.3 is 5.97 Å². The van der Waals surface area contributed by atoms with Crippen molar-refractivity contribution in [2.75, 3.05) is 18.1 Å². The van der Waals surface area contributed by atoms with E-state index in [-0.39, 0.29) is 5.91 Å². The molecule has 0 aromatic carbocycles. The Hall–Kier alpha value is -0.970. The number of carboxylic acid groups (broad SMARTS) is 1. The highest BCUT2D eigenvalue weighted by molar-refractivity contribution is 7.99. The van der Waals surface area contributed by atoms with Gasteiger partial charge in [-0.3, -0.25) is 9.59 Å². The Bertz CT molecular complexity index is 350. The van der Waals surface area contributed by atoms with Gasteiger partial charge in [-0.15, -0.1) is 0 Å². The zero-order valence-electron chi connectivity index (χ0n) is 10.3. The molecule has 1 aliphatic heterocycles. The van der Waals surface area contributed by atoms with Crippen molar-refractivity contribution in [3.8, 4) is 0 Å². The number of amides is 1. The van der Waals surface area contributed by atoms with Crippen LogP contribution >= 0.6 is 11.8 Å². The molecular weight excluding hydrogens is 250 g/mol. The van der Waals surface area contributed by atoms with E-state index in [2.05, 4.69) is 5.32 Å². The Morgan fingerprint density at radius 2 is 2.00 bits per heavy atom. The van der Waals surface area contributed by atoms with E-state index in [4.69, 9.17) is 5.11 Å². The van der Waals surface area contributed by atoms with Crippen molar-refractivity contribution < 1.29 is 14.7 Å². The summed E-state index contributed by atoms with van der Waals surface area (Å²) in [6.07, 6.45) is 5.93. The smallest absolute Gasteiger partial charge is 0.307 e. The normalized spacial score (nSPS) is 31.2. The number of aliphatic carboxylic acids is 1. The molecule has 0 radical (unpaired) electrons. The van der Waals surface area contributed by atoms with Crippen LogP contribution in [0.4, 0.5) is 0 Å². The third kappa shape index (κ3) is 3.28. The quantitative estimate of drug-likeness (QED) is 0.759. The number of carboxylic acids is 1. The number of carbonyl (C=O) groups excluding carboxylic acids is 1. The van der Waals surface area contributed by atoms with E-state index in [1.165, 1.54) is 5.75 Å². The molecule has 5 heteroatoms. The molecule has 2 rings (SSSR count). The molecular formula is C13H19NO3S. The summed E-state index contributed by atoms with van der Waals surface area (Å²) in [5.41, 5.74) is 0. The fourth-order valence-electron chi connectivity index (χ4n) is 2.50. The SMILES string of the molecule is O=C(O)C1CC=CCC1C(=O)NCC1CCSC1. The molecule has 1 heterocycles. The summed E-state index contributed by atoms with van der Waals surface area (Å²) >= 11 is 1.92. The second-order valence-corrected chi connectivity index (χ2v) is 6.12. The predicted octanol–water partition coefficient (Wildman–Crippen LogP) is 1.52. The summed E-state index contributed by atoms with van der Waals surface area (Å²) < 4.78 is 0. The van der Waals surface area contributed by atoms with Crippen LogP contribution in [0.3, 0.4) is 0 Å². The molecule has 100 valence electrons. The van der Waals surface area contributed by atoms with Crippen LogP contribution in [0.15, 0.2) is 12.2 Å². The monoisotopic (exact) mass is 269 g/mol. The van der Waals surface area contributed by atoms with Crippen molar-refractivity contribution in [2.24, 2.45) is 17.8 Å². The van der Waals surface area contributed by atoms with Gasteiger partial charge in [0.15, 0.2) is 0 Å². The van der Waals surface area contributed by atoms with Gasteiger partial charge in [0.05, 0.1) is 11.8 Å². The van der Waals surface area contributed by atoms with E-state index in [1.54, 1.807) is 0 Å². The van der Waals surface area contributed by atoms with Crippen LogP contribution in [0.1, 0.15) is 19.3 Å². The van der Waals surface area contributed by atoms with E-state index in [9.17, 15) is 9.59 Å². The first kappa shape index (κ1) is 13.5. The van der Waals surface area contributed by atoms with Gasteiger partial charge in [0, 0.05) is 6.54 Å². The van der Waals surface area contributed by atoms with Crippen molar-refractivity contribution in [1.82, 2.24) is 5.32 Å². The minimum atomic E-state index is -0.865. The van der Waals surface area contributed by atoms with Gasteiger partial charge in [0.25, 0.3) is 0 Å². The molecule has 2 N–H and O–H groups in total. The highest BCUT2D eigenvalue weighted by atomic mass is 32.2. The van der Waals surface area contributed by atoms with Crippen LogP contribution in [-0.4, -0.2) is 35.0 Å². The average molecular weight is 269 g/mol. The van der Waals surface area contributed by atoms with Gasteiger partial charge in [-0.05, 0) is 36.7 Å². The van der Waals surface area contributed by atoms with E-state index < -0.39 is 17.8 Å². The van der Waals surface area contributed by atoms with E-state index >= 15 is 0 Å². The third-order valence-corrected chi connectivity index (χ3v) is 4.91. The summed E-state index contributed by atoms with van der Waals surface area (Å²) in [6.45, 7) is 0.693. The van der Waals surface area contributed by atoms with Gasteiger partial charge in [-0.1, -0.05) is 12.2 Å². The first-order valence-electron chi connectivity index (χ1n) is 6.41. The van der Waals surface area contributed by atoms with Crippen molar-refractivity contribution in [1.29, 1.82) is 0 Å². The molecule has 1 fully saturated rings. The summed E-state index contributed by atoms with van der Waals surface area (Å²) in [5, 5.41) is 12.0. The standard InChI is InChI=1S/C13H19NO3S/c15-12(14-7-9-5-6-18-8-9)10-3-1-2-4-11(10)13(16)17/h1-2,9-11H,3-8H2,(H,14,15)(H,16,17). The molecule has 1 aliphatic carbocycles. The lowest BCUT2D eigenvalue weighted by Crippen LogP contribution is -2.40. The van der Waals surface area contributed by atoms with Crippen LogP contribution in [0.25, 0.3) is 0 Å². The van der Waals surface area contributed by atoms with E-state index in [0.29, 0.717) is 25.3 Å². The Morgan fingerprint density at radius 1 is 1.28 bits per heavy atom. The molecule has 1 amide bonds. The first-order valence-corrected chi connectivity index (χ1v) is 7.57. The van der Waals surface area contributed by atoms with Gasteiger partial charge in [0.2, 0.25) is 5.91 Å². The number of rotatable bonds is 4. The maximum absolute atomic E-state index is 12.1. The third-order valence-electron chi connectivity index (χ3n) is 3.68. The van der Waals surface area contributed by atoms with Crippen molar-refractivity contribution in [3.05, 3.63) is 12.2 Å². The first-order chi connectivity index (χ1) is 8.68. The fraction of sp³-hybridized carbons (Fsp3) is 0.692. The largest absolute Gasteiger partial charge is 0.481 e. The molecule has 2 aliphatic rings. The zero-order chi connectivity index (χ0) is 13.0. The minimum Gasteiger partial charge on any atom is -0.481 e. The Balaban J connectivity index is 1.86. The van der Waals surface area contributed by atoms with Gasteiger partial charge in [-0.25, -0.2) is 0 Å². The van der Waals surface area contributed by atoms with Crippen LogP contribution in [-0.2, 0) is 9.59 Å². The summed E-state index contributed by atoms with van der Waals surface area (Å²) in [6, 6.07) is 0. The number of allylic oxidation sites excluding steroid dienone is 2. The minimum absolute atomic E-state index is 0.0938. The highest BCUT2D eigenvalue weighted by Crippen LogP contribution is 2.27. The number of carbonyl (C=O) groups is 2. The maximum Gasteiger partial charge on any atom is 0.307 e. The second-order valence-electron chi connectivity index (χ2n) is 4.97. The lowest BCUT2D eigenvalue weighted by Gasteiger charge is -2.24. The fourth-order valence-corrected chi connectivity index (χ4v) is 3.78. The highest BCUT2D eigenvalue weighted by Gasteiger charge is 2.34. The molecule has 1 saturated heterocycles. The summed E-state index contributed by atoms with van der Waals surface area (Å²) in [4.78, 5) is 23.2. The molecule has 0 aromatic rings. The van der Waals surface area contributed by atoms with Crippen molar-refractivity contribution in [3.63, 3.8) is 0 Å². The van der Waals surface area contributed by atoms with Crippen LogP contribution < -0.4 is 5.32 Å². The van der Waals surface area contributed by atoms with Gasteiger partial charge < -0.3 is 10.4 Å². The topological polar surface area (TPSA) is 66.4 Å². The Morgan fingerprint density at radius 3 is 2.61 bits per heavy atom. The van der Waals surface area contributed by atoms with Crippen LogP contribution in [0, 0.1) is 17.8 Å². The summed E-state index contributed by atoms with van der Waals surface area (Å²) in [5.74, 6) is 0.910. The molecule has 0 bridgehead atoms. The molecule has 0 saturated carbocycles. The molecule has 3 atom stereocenters. The molecule has 4 nitrogen and oxygen atoms in total. The summed E-state index contributed by atoms with van der Waals surface area (Å²) in [7, 11) is 0. The van der Waals surface area contributed by atoms with Gasteiger partial charge in [-0.2, -0.15) is 11.8 Å². The molecule has 3 unspecified atom stereocenters. The molecule has 18 heavy (non-hydrogen) atoms. The predicted molar refractivity (Wildman–Crippen MR) is 71.4 cm³/mol. The van der Waals surface area contributed by atoms with E-state index in [0.717, 1.165) is 12.2 Å². The van der Waals surface area contributed by atoms with Crippen molar-refractivity contribution >= 4 is 23.6 Å². The lowest BCUT2D eigenvalue weighted by atomic mass is 9.82. The average Bonchev–Trinajstić information content (AvgIpc) is 2.89. The number of hydrogen-bond acceptors (Lipinski definition) is 3. The maximum atomic E-state index is 12.1. The zero-order valence-corrected chi connectivity index (χ0v) is 11.1. The molecule has 0 spiro atoms. The van der Waals surface area contributed by atoms with Crippen molar-refractivity contribution in [2.45, 2.75) is 19.3 Å². The van der Waals surface area contributed by atoms with Gasteiger partial charge in [0.1, 0.15) is 0 Å². The Kier molecular flexibility index (Phi) is 4.69. The number of hydrogen-bond donors (Lipinski definition) is 2. The second kappa shape index (κ2) is 6.27. The number of nitrogens with one attached hydrogen (secondary N) is 1. The Labute approximate surface area is 111 Å². The number of thioether (sulfide) groups is 1. The van der Waals surface area contributed by atoms with E-state index in [1.807, 2.05) is 23.9 Å². The van der Waals surface area contributed by atoms with Crippen LogP contribution in [0.2, 0.25) is 0 Å². The molecule has 0 aromatic heterocycles.